The number of hydrogen-bond acceptors (Lipinski definition) is 3. The molecule has 1 heterocycles. The summed E-state index contributed by atoms with van der Waals surface area (Å²) in [4.78, 5) is 8.54. The first kappa shape index (κ1) is 8.48. The molecule has 0 bridgehead atoms. The van der Waals surface area contributed by atoms with Crippen molar-refractivity contribution in [2.75, 3.05) is 11.9 Å². The number of aryl methyl sites for hydroxylation is 1. The van der Waals surface area contributed by atoms with Crippen LogP contribution in [0, 0.1) is 0 Å². The maximum absolute atomic E-state index is 4.28. The van der Waals surface area contributed by atoms with Crippen molar-refractivity contribution in [1.82, 2.24) is 9.97 Å². The molecule has 13 heavy (non-hydrogen) atoms. The Morgan fingerprint density at radius 3 is 3.15 bits per heavy atom. The van der Waals surface area contributed by atoms with Crippen LogP contribution in [0.2, 0.25) is 0 Å². The predicted molar refractivity (Wildman–Crippen MR) is 52.8 cm³/mol. The lowest BCUT2D eigenvalue weighted by atomic mass is 10.2. The van der Waals surface area contributed by atoms with Gasteiger partial charge in [-0.25, -0.2) is 9.97 Å². The third-order valence-electron chi connectivity index (χ3n) is 2.42. The maximum atomic E-state index is 4.28. The van der Waals surface area contributed by atoms with Gasteiger partial charge in [0, 0.05) is 17.8 Å². The molecule has 1 aliphatic carbocycles. The molecule has 0 aromatic carbocycles. The Balaban J connectivity index is 2.20. The number of fused-ring (bicyclic) bond motifs is 1. The molecule has 2 rings (SSSR count). The number of aromatic nitrogens is 2. The molecule has 0 saturated heterocycles. The number of nitrogens with zero attached hydrogens (tertiary/aromatic N) is 2. The first-order valence-corrected chi connectivity index (χ1v) is 4.98. The molecular weight excluding hydrogens is 162 g/mol. The van der Waals surface area contributed by atoms with Crippen LogP contribution in [0.1, 0.15) is 31.0 Å². The van der Waals surface area contributed by atoms with Gasteiger partial charge in [0.1, 0.15) is 12.1 Å². The Bertz CT molecular complexity index is 296. The van der Waals surface area contributed by atoms with Crippen molar-refractivity contribution < 1.29 is 0 Å². The van der Waals surface area contributed by atoms with Gasteiger partial charge >= 0.3 is 0 Å². The highest BCUT2D eigenvalue weighted by molar-refractivity contribution is 5.47. The standard InChI is InChI=1S/C10H15N3/c1-2-6-11-10-8-4-3-5-9(8)12-7-13-10/h7H,2-6H2,1H3,(H,11,12,13). The van der Waals surface area contributed by atoms with E-state index in [-0.39, 0.29) is 0 Å². The molecule has 70 valence electrons. The first-order valence-electron chi connectivity index (χ1n) is 4.98. The molecule has 0 unspecified atom stereocenters. The number of rotatable bonds is 3. The van der Waals surface area contributed by atoms with Crippen LogP contribution >= 0.6 is 0 Å². The Labute approximate surface area is 78.6 Å². The van der Waals surface area contributed by atoms with Crippen molar-refractivity contribution in [3.8, 4) is 0 Å². The van der Waals surface area contributed by atoms with Crippen LogP contribution in [0.3, 0.4) is 0 Å². The largest absolute Gasteiger partial charge is 0.370 e. The van der Waals surface area contributed by atoms with E-state index in [0.29, 0.717) is 0 Å². The van der Waals surface area contributed by atoms with Gasteiger partial charge in [-0.2, -0.15) is 0 Å². The fourth-order valence-electron chi connectivity index (χ4n) is 1.76. The smallest absolute Gasteiger partial charge is 0.132 e. The lowest BCUT2D eigenvalue weighted by Gasteiger charge is -2.07. The molecule has 0 aliphatic heterocycles. The molecule has 3 nitrogen and oxygen atoms in total. The van der Waals surface area contributed by atoms with Crippen molar-refractivity contribution in [2.45, 2.75) is 32.6 Å². The minimum atomic E-state index is 1.00. The normalized spacial score (nSPS) is 14.2. The summed E-state index contributed by atoms with van der Waals surface area (Å²) in [6.07, 6.45) is 6.30. The second-order valence-corrected chi connectivity index (χ2v) is 3.43. The van der Waals surface area contributed by atoms with Crippen molar-refractivity contribution in [1.29, 1.82) is 0 Å². The van der Waals surface area contributed by atoms with Crippen LogP contribution in [0.4, 0.5) is 5.82 Å². The van der Waals surface area contributed by atoms with Gasteiger partial charge in [-0.3, -0.25) is 0 Å². The fraction of sp³-hybridized carbons (Fsp3) is 0.600. The van der Waals surface area contributed by atoms with Gasteiger partial charge in [-0.05, 0) is 25.7 Å². The molecule has 0 saturated carbocycles. The van der Waals surface area contributed by atoms with Crippen molar-refractivity contribution in [3.05, 3.63) is 17.6 Å². The SMILES string of the molecule is CCCNc1ncnc2c1CCC2. The highest BCUT2D eigenvalue weighted by Gasteiger charge is 2.16. The lowest BCUT2D eigenvalue weighted by Crippen LogP contribution is -2.05. The summed E-state index contributed by atoms with van der Waals surface area (Å²) in [5.74, 6) is 1.06. The van der Waals surface area contributed by atoms with E-state index in [1.165, 1.54) is 17.7 Å². The van der Waals surface area contributed by atoms with Gasteiger partial charge in [0.15, 0.2) is 0 Å². The summed E-state index contributed by atoms with van der Waals surface area (Å²) in [7, 11) is 0. The molecule has 0 spiro atoms. The topological polar surface area (TPSA) is 37.8 Å². The Hall–Kier alpha value is -1.12. The highest BCUT2D eigenvalue weighted by Crippen LogP contribution is 2.24. The van der Waals surface area contributed by atoms with Crippen LogP contribution in [-0.2, 0) is 12.8 Å². The van der Waals surface area contributed by atoms with E-state index < -0.39 is 0 Å². The third kappa shape index (κ3) is 1.64. The average molecular weight is 177 g/mol. The maximum Gasteiger partial charge on any atom is 0.132 e. The zero-order valence-corrected chi connectivity index (χ0v) is 8.01. The van der Waals surface area contributed by atoms with Gasteiger partial charge < -0.3 is 5.32 Å². The van der Waals surface area contributed by atoms with Gasteiger partial charge in [0.05, 0.1) is 0 Å². The summed E-state index contributed by atoms with van der Waals surface area (Å²) in [6, 6.07) is 0. The van der Waals surface area contributed by atoms with Crippen LogP contribution in [0.25, 0.3) is 0 Å². The summed E-state index contributed by atoms with van der Waals surface area (Å²) in [5.41, 5.74) is 2.59. The second-order valence-electron chi connectivity index (χ2n) is 3.43. The third-order valence-corrected chi connectivity index (χ3v) is 2.42. The Morgan fingerprint density at radius 1 is 1.38 bits per heavy atom. The molecule has 0 radical (unpaired) electrons. The molecule has 1 aromatic rings. The lowest BCUT2D eigenvalue weighted by molar-refractivity contribution is 0.898. The van der Waals surface area contributed by atoms with Gasteiger partial charge in [0.25, 0.3) is 0 Å². The summed E-state index contributed by atoms with van der Waals surface area (Å²) in [5, 5.41) is 3.34. The second kappa shape index (κ2) is 3.73. The first-order chi connectivity index (χ1) is 6.42. The highest BCUT2D eigenvalue weighted by atomic mass is 15.0. The molecule has 3 heteroatoms. The molecule has 1 aliphatic rings. The molecule has 1 aromatic heterocycles. The van der Waals surface area contributed by atoms with Crippen LogP contribution in [0.15, 0.2) is 6.33 Å². The summed E-state index contributed by atoms with van der Waals surface area (Å²) < 4.78 is 0. The van der Waals surface area contributed by atoms with Crippen LogP contribution in [0.5, 0.6) is 0 Å². The quantitative estimate of drug-likeness (QED) is 0.764. The van der Waals surface area contributed by atoms with Gasteiger partial charge in [-0.1, -0.05) is 6.92 Å². The molecule has 0 atom stereocenters. The molecule has 0 amide bonds. The predicted octanol–water partition coefficient (Wildman–Crippen LogP) is 1.79. The van der Waals surface area contributed by atoms with Crippen molar-refractivity contribution in [2.24, 2.45) is 0 Å². The van der Waals surface area contributed by atoms with E-state index in [2.05, 4.69) is 22.2 Å². The van der Waals surface area contributed by atoms with Gasteiger partial charge in [0.2, 0.25) is 0 Å². The van der Waals surface area contributed by atoms with Crippen molar-refractivity contribution in [3.63, 3.8) is 0 Å². The zero-order chi connectivity index (χ0) is 9.10. The van der Waals surface area contributed by atoms with Gasteiger partial charge in [-0.15, -0.1) is 0 Å². The van der Waals surface area contributed by atoms with E-state index in [1.54, 1.807) is 6.33 Å². The number of nitrogens with one attached hydrogen (secondary N) is 1. The zero-order valence-electron chi connectivity index (χ0n) is 8.01. The van der Waals surface area contributed by atoms with E-state index >= 15 is 0 Å². The molecule has 0 fully saturated rings. The van der Waals surface area contributed by atoms with E-state index in [1.807, 2.05) is 0 Å². The monoisotopic (exact) mass is 177 g/mol. The number of anilines is 1. The van der Waals surface area contributed by atoms with E-state index in [9.17, 15) is 0 Å². The summed E-state index contributed by atoms with van der Waals surface area (Å²) >= 11 is 0. The molecular formula is C10H15N3. The van der Waals surface area contributed by atoms with Crippen LogP contribution < -0.4 is 5.32 Å². The minimum absolute atomic E-state index is 1.00. The van der Waals surface area contributed by atoms with E-state index in [4.69, 9.17) is 0 Å². The number of hydrogen-bond donors (Lipinski definition) is 1. The average Bonchev–Trinajstić information content (AvgIpc) is 2.62. The minimum Gasteiger partial charge on any atom is -0.370 e. The fourth-order valence-corrected chi connectivity index (χ4v) is 1.76. The van der Waals surface area contributed by atoms with Crippen LogP contribution in [-0.4, -0.2) is 16.5 Å². The molecule has 1 N–H and O–H groups in total. The Kier molecular flexibility index (Phi) is 2.43. The Morgan fingerprint density at radius 2 is 2.31 bits per heavy atom. The van der Waals surface area contributed by atoms with Crippen molar-refractivity contribution >= 4 is 5.82 Å². The van der Waals surface area contributed by atoms with E-state index in [0.717, 1.165) is 31.6 Å². The summed E-state index contributed by atoms with van der Waals surface area (Å²) in [6.45, 7) is 3.16.